The average molecular weight is 342 g/mol. The van der Waals surface area contributed by atoms with Gasteiger partial charge in [-0.05, 0) is 53.0 Å². The molecule has 0 N–H and O–H groups in total. The fourth-order valence-electron chi connectivity index (χ4n) is 1.97. The Morgan fingerprint density at radius 1 is 1.42 bits per heavy atom. The first-order valence-corrected chi connectivity index (χ1v) is 7.23. The van der Waals surface area contributed by atoms with Gasteiger partial charge in [-0.3, -0.25) is 9.48 Å². The molecule has 0 saturated heterocycles. The first kappa shape index (κ1) is 14.3. The first-order valence-electron chi connectivity index (χ1n) is 6.06. The van der Waals surface area contributed by atoms with Gasteiger partial charge in [0.15, 0.2) is 0 Å². The second-order valence-corrected chi connectivity index (χ2v) is 5.70. The highest BCUT2D eigenvalue weighted by atomic mass is 79.9. The van der Waals surface area contributed by atoms with E-state index in [0.717, 1.165) is 12.0 Å². The van der Waals surface area contributed by atoms with Gasteiger partial charge in [-0.15, -0.1) is 0 Å². The van der Waals surface area contributed by atoms with E-state index in [1.54, 1.807) is 16.9 Å². The van der Waals surface area contributed by atoms with E-state index >= 15 is 0 Å². The van der Waals surface area contributed by atoms with Gasteiger partial charge in [0.25, 0.3) is 0 Å². The molecule has 0 fully saturated rings. The molecule has 0 aliphatic rings. The predicted octanol–water partition coefficient (Wildman–Crippen LogP) is 4.25. The van der Waals surface area contributed by atoms with Crippen LogP contribution in [0.3, 0.4) is 0 Å². The Kier molecular flexibility index (Phi) is 4.42. The normalized spacial score (nSPS) is 10.7. The molecule has 5 heteroatoms. The molecular weight excluding hydrogens is 328 g/mol. The summed E-state index contributed by atoms with van der Waals surface area (Å²) in [7, 11) is 0. The van der Waals surface area contributed by atoms with Gasteiger partial charge in [-0.2, -0.15) is 5.10 Å². The van der Waals surface area contributed by atoms with Crippen molar-refractivity contribution in [1.82, 2.24) is 9.78 Å². The summed E-state index contributed by atoms with van der Waals surface area (Å²) in [6.45, 7) is 4.68. The highest BCUT2D eigenvalue weighted by Gasteiger charge is 2.19. The maximum absolute atomic E-state index is 12.6. The monoisotopic (exact) mass is 340 g/mol. The minimum atomic E-state index is -0.0663. The predicted molar refractivity (Wildman–Crippen MR) is 79.8 cm³/mol. The second-order valence-electron chi connectivity index (χ2n) is 4.41. The lowest BCUT2D eigenvalue weighted by Gasteiger charge is -2.07. The summed E-state index contributed by atoms with van der Waals surface area (Å²) in [6.07, 6.45) is 2.57. The zero-order valence-corrected chi connectivity index (χ0v) is 13.1. The Morgan fingerprint density at radius 2 is 2.16 bits per heavy atom. The molecule has 2 aromatic rings. The number of aromatic nitrogens is 2. The molecule has 0 radical (unpaired) electrons. The number of halogens is 2. The van der Waals surface area contributed by atoms with Gasteiger partial charge in [0.1, 0.15) is 5.69 Å². The van der Waals surface area contributed by atoms with Gasteiger partial charge >= 0.3 is 0 Å². The summed E-state index contributed by atoms with van der Waals surface area (Å²) in [6, 6.07) is 5.35. The Morgan fingerprint density at radius 3 is 2.79 bits per heavy atom. The number of hydrogen-bond acceptors (Lipinski definition) is 2. The highest BCUT2D eigenvalue weighted by Crippen LogP contribution is 2.23. The third-order valence-electron chi connectivity index (χ3n) is 2.75. The van der Waals surface area contributed by atoms with E-state index in [1.807, 2.05) is 26.0 Å². The van der Waals surface area contributed by atoms with Crippen LogP contribution in [0.5, 0.6) is 0 Å². The first-order chi connectivity index (χ1) is 9.02. The highest BCUT2D eigenvalue weighted by molar-refractivity contribution is 9.10. The Bertz CT molecular complexity index is 602. The van der Waals surface area contributed by atoms with Crippen LogP contribution in [-0.2, 0) is 6.54 Å². The Hall–Kier alpha value is -1.13. The van der Waals surface area contributed by atoms with Crippen molar-refractivity contribution in [3.05, 3.63) is 50.7 Å². The summed E-state index contributed by atoms with van der Waals surface area (Å²) in [5.74, 6) is -0.0663. The number of aryl methyl sites for hydroxylation is 2. The summed E-state index contributed by atoms with van der Waals surface area (Å²) in [5, 5.41) is 4.78. The molecule has 19 heavy (non-hydrogen) atoms. The van der Waals surface area contributed by atoms with Crippen LogP contribution >= 0.6 is 27.5 Å². The van der Waals surface area contributed by atoms with Crippen molar-refractivity contribution in [1.29, 1.82) is 0 Å². The number of carbonyl (C=O) groups excluding carboxylic acids is 1. The van der Waals surface area contributed by atoms with Crippen molar-refractivity contribution in [2.45, 2.75) is 26.8 Å². The van der Waals surface area contributed by atoms with Crippen LogP contribution in [0.2, 0.25) is 5.02 Å². The molecule has 1 aromatic carbocycles. The molecule has 0 atom stereocenters. The third-order valence-corrected chi connectivity index (χ3v) is 3.55. The molecule has 1 aromatic heterocycles. The molecule has 0 aliphatic heterocycles. The van der Waals surface area contributed by atoms with E-state index in [-0.39, 0.29) is 5.78 Å². The molecule has 0 spiro atoms. The molecule has 100 valence electrons. The Balaban J connectivity index is 2.46. The number of ketones is 1. The minimum absolute atomic E-state index is 0.0663. The number of nitrogens with zero attached hydrogens (tertiary/aromatic N) is 2. The van der Waals surface area contributed by atoms with Crippen molar-refractivity contribution in [2.24, 2.45) is 0 Å². The largest absolute Gasteiger partial charge is 0.287 e. The Labute approximate surface area is 125 Å². The number of carbonyl (C=O) groups is 1. The third kappa shape index (κ3) is 3.07. The molecule has 0 saturated carbocycles. The molecule has 0 unspecified atom stereocenters. The van der Waals surface area contributed by atoms with Crippen LogP contribution in [0, 0.1) is 6.92 Å². The smallest absolute Gasteiger partial charge is 0.212 e. The van der Waals surface area contributed by atoms with Gasteiger partial charge in [0.05, 0.1) is 10.7 Å². The topological polar surface area (TPSA) is 34.9 Å². The van der Waals surface area contributed by atoms with Gasteiger partial charge in [0.2, 0.25) is 5.78 Å². The zero-order chi connectivity index (χ0) is 14.0. The molecular formula is C14H14BrClN2O. The summed E-state index contributed by atoms with van der Waals surface area (Å²) in [5.41, 5.74) is 2.13. The van der Waals surface area contributed by atoms with Crippen molar-refractivity contribution in [3.8, 4) is 0 Å². The van der Waals surface area contributed by atoms with E-state index < -0.39 is 0 Å². The maximum atomic E-state index is 12.6. The fourth-order valence-corrected chi connectivity index (χ4v) is 2.74. The van der Waals surface area contributed by atoms with Crippen molar-refractivity contribution in [2.75, 3.05) is 0 Å². The van der Waals surface area contributed by atoms with Gasteiger partial charge < -0.3 is 0 Å². The molecule has 2 rings (SSSR count). The molecule has 0 aliphatic carbocycles. The number of rotatable bonds is 4. The maximum Gasteiger partial charge on any atom is 0.212 e. The molecule has 0 bridgehead atoms. The second kappa shape index (κ2) is 5.88. The molecule has 1 heterocycles. The van der Waals surface area contributed by atoms with Crippen LogP contribution in [0.25, 0.3) is 0 Å². The van der Waals surface area contributed by atoms with E-state index in [0.29, 0.717) is 27.3 Å². The van der Waals surface area contributed by atoms with Crippen molar-refractivity contribution < 1.29 is 4.79 Å². The fraction of sp³-hybridized carbons (Fsp3) is 0.286. The molecule has 3 nitrogen and oxygen atoms in total. The standard InChI is InChI=1S/C14H14BrClN2O/c1-3-4-18-13(12(15)8-17-18)14(19)10-5-9(2)6-11(16)7-10/h5-8H,3-4H2,1-2H3. The van der Waals surface area contributed by atoms with Crippen molar-refractivity contribution >= 4 is 33.3 Å². The van der Waals surface area contributed by atoms with Crippen LogP contribution in [0.1, 0.15) is 35.0 Å². The minimum Gasteiger partial charge on any atom is -0.287 e. The van der Waals surface area contributed by atoms with Crippen LogP contribution < -0.4 is 0 Å². The number of hydrogen-bond donors (Lipinski definition) is 0. The summed E-state index contributed by atoms with van der Waals surface area (Å²) < 4.78 is 2.44. The summed E-state index contributed by atoms with van der Waals surface area (Å²) >= 11 is 9.39. The molecule has 0 amide bonds. The van der Waals surface area contributed by atoms with E-state index in [9.17, 15) is 4.79 Å². The number of benzene rings is 1. The lowest BCUT2D eigenvalue weighted by atomic mass is 10.1. The van der Waals surface area contributed by atoms with E-state index in [1.165, 1.54) is 0 Å². The van der Waals surface area contributed by atoms with Crippen LogP contribution in [0.15, 0.2) is 28.9 Å². The van der Waals surface area contributed by atoms with Gasteiger partial charge in [-0.25, -0.2) is 0 Å². The average Bonchev–Trinajstić information content (AvgIpc) is 2.69. The van der Waals surface area contributed by atoms with E-state index in [4.69, 9.17) is 11.6 Å². The van der Waals surface area contributed by atoms with Gasteiger partial charge in [-0.1, -0.05) is 18.5 Å². The lowest BCUT2D eigenvalue weighted by molar-refractivity contribution is 0.102. The van der Waals surface area contributed by atoms with Crippen molar-refractivity contribution in [3.63, 3.8) is 0 Å². The zero-order valence-electron chi connectivity index (χ0n) is 10.8. The van der Waals surface area contributed by atoms with Crippen LogP contribution in [-0.4, -0.2) is 15.6 Å². The van der Waals surface area contributed by atoms with Crippen LogP contribution in [0.4, 0.5) is 0 Å². The quantitative estimate of drug-likeness (QED) is 0.779. The van der Waals surface area contributed by atoms with Gasteiger partial charge in [0, 0.05) is 17.1 Å². The summed E-state index contributed by atoms with van der Waals surface area (Å²) in [4.78, 5) is 12.6. The lowest BCUT2D eigenvalue weighted by Crippen LogP contribution is -2.12. The van der Waals surface area contributed by atoms with E-state index in [2.05, 4.69) is 21.0 Å². The SMILES string of the molecule is CCCn1ncc(Br)c1C(=O)c1cc(C)cc(Cl)c1.